The molecule has 9 heteroatoms. The number of hydrogen-bond acceptors (Lipinski definition) is 6. The maximum absolute atomic E-state index is 12.7. The summed E-state index contributed by atoms with van der Waals surface area (Å²) in [6.45, 7) is 0. The number of nitrogens with one attached hydrogen (secondary N) is 1. The Morgan fingerprint density at radius 1 is 1.20 bits per heavy atom. The number of aromatic nitrogens is 1. The van der Waals surface area contributed by atoms with Crippen molar-refractivity contribution in [2.24, 2.45) is 5.10 Å². The van der Waals surface area contributed by atoms with E-state index in [1.165, 1.54) is 12.5 Å². The van der Waals surface area contributed by atoms with E-state index >= 15 is 0 Å². The van der Waals surface area contributed by atoms with Gasteiger partial charge in [0.2, 0.25) is 16.9 Å². The smallest absolute Gasteiger partial charge is 0.258 e. The number of aromatic amines is 1. The average Bonchev–Trinajstić information content (AvgIpc) is 3.38. The van der Waals surface area contributed by atoms with Gasteiger partial charge in [0.1, 0.15) is 12.2 Å². The minimum Gasteiger partial charge on any atom is -0.463 e. The van der Waals surface area contributed by atoms with Gasteiger partial charge in [0.25, 0.3) is 5.91 Å². The lowest BCUT2D eigenvalue weighted by Crippen LogP contribution is -2.55. The molecule has 0 spiro atoms. The first kappa shape index (κ1) is 19.7. The Morgan fingerprint density at radius 3 is 2.83 bits per heavy atom. The summed E-state index contributed by atoms with van der Waals surface area (Å²) in [6, 6.07) is 11.3. The van der Waals surface area contributed by atoms with Crippen molar-refractivity contribution < 1.29 is 18.8 Å². The lowest BCUT2D eigenvalue weighted by atomic mass is 10.1. The first-order chi connectivity index (χ1) is 14.5. The fourth-order valence-corrected chi connectivity index (χ4v) is 3.66. The van der Waals surface area contributed by atoms with Gasteiger partial charge in [0, 0.05) is 23.5 Å². The maximum Gasteiger partial charge on any atom is 0.258 e. The van der Waals surface area contributed by atoms with Gasteiger partial charge in [0.15, 0.2) is 0 Å². The number of benzene rings is 1. The molecule has 8 nitrogen and oxygen atoms in total. The third kappa shape index (κ3) is 3.92. The summed E-state index contributed by atoms with van der Waals surface area (Å²) in [5.74, 6) is -1.25. The van der Waals surface area contributed by atoms with Crippen LogP contribution in [0.5, 0.6) is 0 Å². The number of carbonyl (C=O) groups is 3. The largest absolute Gasteiger partial charge is 0.463 e. The van der Waals surface area contributed by atoms with Crippen LogP contribution >= 0.6 is 12.2 Å². The molecule has 0 radical (unpaired) electrons. The standard InChI is InChI=1S/C21H18N4O4S/c26-18(9-3-5-14-12-22-17-8-2-1-7-16(14)17)24-19(27)11-20(28)25(21(24)30)23-13-15-6-4-10-29-15/h1-2,4,6-8,10,12-13,22H,3,5,9,11H2/b23-13+. The summed E-state index contributed by atoms with van der Waals surface area (Å²) < 4.78 is 5.13. The molecule has 0 aliphatic carbocycles. The maximum atomic E-state index is 12.7. The molecular weight excluding hydrogens is 404 g/mol. The number of rotatable bonds is 6. The molecule has 1 N–H and O–H groups in total. The summed E-state index contributed by atoms with van der Waals surface area (Å²) in [7, 11) is 0. The van der Waals surface area contributed by atoms with E-state index in [1.807, 2.05) is 30.5 Å². The Labute approximate surface area is 177 Å². The second-order valence-corrected chi connectivity index (χ2v) is 7.13. The first-order valence-corrected chi connectivity index (χ1v) is 9.80. The van der Waals surface area contributed by atoms with Gasteiger partial charge < -0.3 is 9.40 Å². The van der Waals surface area contributed by atoms with Crippen molar-refractivity contribution in [1.29, 1.82) is 0 Å². The summed E-state index contributed by atoms with van der Waals surface area (Å²) in [4.78, 5) is 41.2. The van der Waals surface area contributed by atoms with Crippen molar-refractivity contribution in [3.8, 4) is 0 Å². The molecule has 1 aromatic carbocycles. The number of hydrogen-bond donors (Lipinski definition) is 1. The molecule has 3 aromatic rings. The lowest BCUT2D eigenvalue weighted by Gasteiger charge is -2.30. The normalized spacial score (nSPS) is 15.0. The highest BCUT2D eigenvalue weighted by atomic mass is 32.1. The lowest BCUT2D eigenvalue weighted by molar-refractivity contribution is -0.146. The molecule has 3 heterocycles. The van der Waals surface area contributed by atoms with Crippen molar-refractivity contribution in [2.45, 2.75) is 25.7 Å². The van der Waals surface area contributed by atoms with E-state index in [0.717, 1.165) is 26.4 Å². The molecule has 0 unspecified atom stereocenters. The van der Waals surface area contributed by atoms with Gasteiger partial charge in [-0.3, -0.25) is 14.4 Å². The van der Waals surface area contributed by atoms with E-state index in [-0.39, 0.29) is 11.5 Å². The van der Waals surface area contributed by atoms with Crippen LogP contribution in [0.2, 0.25) is 0 Å². The number of H-pyrrole nitrogens is 1. The van der Waals surface area contributed by atoms with Crippen molar-refractivity contribution in [2.75, 3.05) is 0 Å². The molecule has 1 aliphatic heterocycles. The zero-order valence-electron chi connectivity index (χ0n) is 15.9. The Hall–Kier alpha value is -3.59. The van der Waals surface area contributed by atoms with Crippen LogP contribution in [0.25, 0.3) is 10.9 Å². The fraction of sp³-hybridized carbons (Fsp3) is 0.190. The van der Waals surface area contributed by atoms with E-state index < -0.39 is 24.1 Å². The van der Waals surface area contributed by atoms with Gasteiger partial charge in [-0.2, -0.15) is 10.1 Å². The van der Waals surface area contributed by atoms with Crippen LogP contribution in [0.3, 0.4) is 0 Å². The third-order valence-electron chi connectivity index (χ3n) is 4.77. The Morgan fingerprint density at radius 2 is 2.03 bits per heavy atom. The molecule has 0 saturated carbocycles. The van der Waals surface area contributed by atoms with Crippen LogP contribution in [0.1, 0.15) is 30.6 Å². The van der Waals surface area contributed by atoms with Gasteiger partial charge >= 0.3 is 0 Å². The monoisotopic (exact) mass is 422 g/mol. The summed E-state index contributed by atoms with van der Waals surface area (Å²) >= 11 is 5.21. The van der Waals surface area contributed by atoms with Crippen LogP contribution in [0.4, 0.5) is 0 Å². The topological polar surface area (TPSA) is 99.0 Å². The number of carbonyl (C=O) groups excluding carboxylic acids is 3. The molecule has 0 atom stereocenters. The number of amides is 3. The van der Waals surface area contributed by atoms with Gasteiger partial charge in [-0.15, -0.1) is 0 Å². The van der Waals surface area contributed by atoms with Crippen molar-refractivity contribution in [3.63, 3.8) is 0 Å². The Kier molecular flexibility index (Phi) is 5.53. The Balaban J connectivity index is 1.41. The number of imide groups is 1. The van der Waals surface area contributed by atoms with E-state index in [2.05, 4.69) is 10.1 Å². The molecular formula is C21H18N4O4S. The molecule has 0 bridgehead atoms. The molecule has 2 aromatic heterocycles. The molecule has 30 heavy (non-hydrogen) atoms. The summed E-state index contributed by atoms with van der Waals surface area (Å²) in [6.07, 6.45) is 5.56. The van der Waals surface area contributed by atoms with Gasteiger partial charge in [0.05, 0.1) is 12.5 Å². The first-order valence-electron chi connectivity index (χ1n) is 9.40. The molecule has 1 aliphatic rings. The number of hydrazone groups is 1. The van der Waals surface area contributed by atoms with E-state index in [1.54, 1.807) is 12.1 Å². The predicted molar refractivity (Wildman–Crippen MR) is 113 cm³/mol. The molecule has 152 valence electrons. The molecule has 1 saturated heterocycles. The zero-order chi connectivity index (χ0) is 21.1. The third-order valence-corrected chi connectivity index (χ3v) is 5.12. The van der Waals surface area contributed by atoms with E-state index in [4.69, 9.17) is 16.6 Å². The second-order valence-electron chi connectivity index (χ2n) is 6.76. The number of aryl methyl sites for hydroxylation is 1. The van der Waals surface area contributed by atoms with Crippen LogP contribution in [0.15, 0.2) is 58.4 Å². The van der Waals surface area contributed by atoms with Crippen LogP contribution in [-0.4, -0.2) is 43.9 Å². The predicted octanol–water partition coefficient (Wildman–Crippen LogP) is 2.99. The summed E-state index contributed by atoms with van der Waals surface area (Å²) in [5, 5.41) is 5.74. The quantitative estimate of drug-likeness (QED) is 0.374. The van der Waals surface area contributed by atoms with Crippen molar-refractivity contribution >= 4 is 52.2 Å². The highest BCUT2D eigenvalue weighted by Crippen LogP contribution is 2.21. The van der Waals surface area contributed by atoms with Gasteiger partial charge in [-0.1, -0.05) is 18.2 Å². The minimum atomic E-state index is -0.633. The van der Waals surface area contributed by atoms with Gasteiger partial charge in [-0.25, -0.2) is 4.90 Å². The number of para-hydroxylation sites is 1. The summed E-state index contributed by atoms with van der Waals surface area (Å²) in [5.41, 5.74) is 2.14. The van der Waals surface area contributed by atoms with Crippen molar-refractivity contribution in [3.05, 3.63) is 60.2 Å². The fourth-order valence-electron chi connectivity index (χ4n) is 3.31. The number of furan rings is 1. The van der Waals surface area contributed by atoms with E-state index in [0.29, 0.717) is 18.6 Å². The van der Waals surface area contributed by atoms with Crippen LogP contribution in [0, 0.1) is 0 Å². The average molecular weight is 422 g/mol. The number of nitrogens with zero attached hydrogens (tertiary/aromatic N) is 3. The van der Waals surface area contributed by atoms with Crippen LogP contribution < -0.4 is 0 Å². The molecule has 4 rings (SSSR count). The van der Waals surface area contributed by atoms with Crippen LogP contribution in [-0.2, 0) is 20.8 Å². The van der Waals surface area contributed by atoms with E-state index in [9.17, 15) is 14.4 Å². The molecule has 1 fully saturated rings. The van der Waals surface area contributed by atoms with Crippen molar-refractivity contribution in [1.82, 2.24) is 14.9 Å². The highest BCUT2D eigenvalue weighted by Gasteiger charge is 2.38. The second kappa shape index (κ2) is 8.42. The highest BCUT2D eigenvalue weighted by molar-refractivity contribution is 7.80. The van der Waals surface area contributed by atoms with Gasteiger partial charge in [-0.05, 0) is 48.8 Å². The SMILES string of the molecule is O=C1CC(=O)N(C(=O)CCCc2c[nH]c3ccccc23)C(=S)N1/N=C/c1ccco1. The minimum absolute atomic E-state index is 0.120. The Bertz CT molecular complexity index is 1150. The number of thiocarbonyl (C=S) groups is 1. The molecule has 3 amide bonds. The number of fused-ring (bicyclic) bond motifs is 1. The zero-order valence-corrected chi connectivity index (χ0v) is 16.7.